The first kappa shape index (κ1) is 22.5. The Morgan fingerprint density at radius 3 is 2.44 bits per heavy atom. The lowest BCUT2D eigenvalue weighted by molar-refractivity contribution is -0.126. The Balaban J connectivity index is 1.38. The van der Waals surface area contributed by atoms with Crippen molar-refractivity contribution in [1.82, 2.24) is 20.2 Å². The van der Waals surface area contributed by atoms with Crippen LogP contribution in [0.4, 0.5) is 16.0 Å². The Kier molecular flexibility index (Phi) is 7.19. The van der Waals surface area contributed by atoms with E-state index >= 15 is 0 Å². The summed E-state index contributed by atoms with van der Waals surface area (Å²) in [6.45, 7) is 10.5. The van der Waals surface area contributed by atoms with Crippen molar-refractivity contribution in [2.24, 2.45) is 5.92 Å². The van der Waals surface area contributed by atoms with E-state index in [4.69, 9.17) is 0 Å². The second-order valence-electron chi connectivity index (χ2n) is 8.66. The number of anilines is 2. The van der Waals surface area contributed by atoms with Gasteiger partial charge in [-0.05, 0) is 50.6 Å². The summed E-state index contributed by atoms with van der Waals surface area (Å²) >= 11 is 0. The molecule has 0 radical (unpaired) electrons. The fourth-order valence-electron chi connectivity index (χ4n) is 4.67. The third kappa shape index (κ3) is 5.18. The maximum atomic E-state index is 14.1. The Morgan fingerprint density at radius 1 is 1.09 bits per heavy atom. The molecule has 2 aromatic rings. The molecule has 2 saturated heterocycles. The number of carbonyl (C=O) groups is 1. The number of piperazine rings is 1. The van der Waals surface area contributed by atoms with E-state index in [-0.39, 0.29) is 23.7 Å². The molecule has 1 aromatic carbocycles. The van der Waals surface area contributed by atoms with Gasteiger partial charge in [0, 0.05) is 68.8 Å². The maximum absolute atomic E-state index is 14.1. The van der Waals surface area contributed by atoms with Gasteiger partial charge in [0.1, 0.15) is 5.82 Å². The van der Waals surface area contributed by atoms with Gasteiger partial charge in [0.2, 0.25) is 11.9 Å². The van der Waals surface area contributed by atoms with E-state index in [0.29, 0.717) is 5.95 Å². The van der Waals surface area contributed by atoms with E-state index in [1.54, 1.807) is 24.5 Å². The Morgan fingerprint density at radius 2 is 1.78 bits per heavy atom. The van der Waals surface area contributed by atoms with E-state index in [1.165, 1.54) is 6.07 Å². The van der Waals surface area contributed by atoms with E-state index in [9.17, 15) is 9.18 Å². The van der Waals surface area contributed by atoms with Gasteiger partial charge in [0.15, 0.2) is 0 Å². The predicted molar refractivity (Wildman–Crippen MR) is 124 cm³/mol. The van der Waals surface area contributed by atoms with Crippen LogP contribution in [0.1, 0.15) is 38.3 Å². The molecule has 1 amide bonds. The van der Waals surface area contributed by atoms with Crippen molar-refractivity contribution in [1.29, 1.82) is 0 Å². The summed E-state index contributed by atoms with van der Waals surface area (Å²) in [5.41, 5.74) is 1.87. The monoisotopic (exact) mass is 440 g/mol. The van der Waals surface area contributed by atoms with Crippen molar-refractivity contribution < 1.29 is 9.18 Å². The van der Waals surface area contributed by atoms with E-state index in [2.05, 4.69) is 36.9 Å². The van der Waals surface area contributed by atoms with Gasteiger partial charge in [0.25, 0.3) is 0 Å². The zero-order chi connectivity index (χ0) is 22.5. The zero-order valence-corrected chi connectivity index (χ0v) is 19.0. The van der Waals surface area contributed by atoms with Crippen LogP contribution in [-0.4, -0.2) is 66.6 Å². The number of amides is 1. The molecule has 1 N–H and O–H groups in total. The van der Waals surface area contributed by atoms with Gasteiger partial charge in [-0.3, -0.25) is 4.79 Å². The normalized spacial score (nSPS) is 19.1. The fourth-order valence-corrected chi connectivity index (χ4v) is 4.67. The molecular weight excluding hydrogens is 407 g/mol. The van der Waals surface area contributed by atoms with Crippen molar-refractivity contribution in [2.45, 2.75) is 32.7 Å². The Labute approximate surface area is 189 Å². The maximum Gasteiger partial charge on any atom is 0.225 e. The Bertz CT molecular complexity index is 895. The summed E-state index contributed by atoms with van der Waals surface area (Å²) in [5.74, 6) is 0.431. The van der Waals surface area contributed by atoms with Crippen LogP contribution in [0.5, 0.6) is 0 Å². The van der Waals surface area contributed by atoms with Gasteiger partial charge in [-0.2, -0.15) is 0 Å². The van der Waals surface area contributed by atoms with Crippen LogP contribution in [0.15, 0.2) is 36.7 Å². The minimum Gasteiger partial charge on any atom is -0.369 e. The third-order valence-corrected chi connectivity index (χ3v) is 6.68. The molecule has 1 aromatic heterocycles. The van der Waals surface area contributed by atoms with Gasteiger partial charge >= 0.3 is 0 Å². The zero-order valence-electron chi connectivity index (χ0n) is 19.0. The molecule has 172 valence electrons. The number of hydrogen-bond donors (Lipinski definition) is 1. The average molecular weight is 441 g/mol. The van der Waals surface area contributed by atoms with Crippen LogP contribution in [0.3, 0.4) is 0 Å². The summed E-state index contributed by atoms with van der Waals surface area (Å²) < 4.78 is 14.1. The smallest absolute Gasteiger partial charge is 0.225 e. The fraction of sp³-hybridized carbons (Fsp3) is 0.542. The third-order valence-electron chi connectivity index (χ3n) is 6.68. The van der Waals surface area contributed by atoms with E-state index in [0.717, 1.165) is 69.9 Å². The highest BCUT2D eigenvalue weighted by molar-refractivity contribution is 5.79. The topological polar surface area (TPSA) is 64.6 Å². The second kappa shape index (κ2) is 10.3. The molecule has 8 heteroatoms. The number of carbonyl (C=O) groups excluding carboxylic acids is 1. The number of halogens is 1. The molecule has 2 fully saturated rings. The largest absolute Gasteiger partial charge is 0.369 e. The Hall–Kier alpha value is -2.74. The molecule has 1 atom stereocenters. The SMILES string of the molecule is CCN1CCN(c2ccc(F)cc2C(C)NC(=O)C2CCN(c3ncccn3)CC2)CC1. The van der Waals surface area contributed by atoms with Crippen LogP contribution in [-0.2, 0) is 4.79 Å². The number of rotatable bonds is 6. The van der Waals surface area contributed by atoms with E-state index < -0.39 is 0 Å². The van der Waals surface area contributed by atoms with Crippen LogP contribution in [0.2, 0.25) is 0 Å². The van der Waals surface area contributed by atoms with Crippen molar-refractivity contribution in [3.8, 4) is 0 Å². The summed E-state index contributed by atoms with van der Waals surface area (Å²) in [4.78, 5) is 28.5. The van der Waals surface area contributed by atoms with Gasteiger partial charge < -0.3 is 20.0 Å². The first-order valence-electron chi connectivity index (χ1n) is 11.6. The number of piperidine rings is 1. The number of hydrogen-bond acceptors (Lipinski definition) is 6. The first-order valence-corrected chi connectivity index (χ1v) is 11.6. The van der Waals surface area contributed by atoms with Crippen LogP contribution in [0.25, 0.3) is 0 Å². The first-order chi connectivity index (χ1) is 15.5. The summed E-state index contributed by atoms with van der Waals surface area (Å²) in [6.07, 6.45) is 4.99. The summed E-state index contributed by atoms with van der Waals surface area (Å²) in [7, 11) is 0. The lowest BCUT2D eigenvalue weighted by Crippen LogP contribution is -2.47. The molecule has 3 heterocycles. The highest BCUT2D eigenvalue weighted by Crippen LogP contribution is 2.29. The number of nitrogens with zero attached hydrogens (tertiary/aromatic N) is 5. The predicted octanol–water partition coefficient (Wildman–Crippen LogP) is 2.85. The van der Waals surface area contributed by atoms with Gasteiger partial charge in [-0.25, -0.2) is 14.4 Å². The lowest BCUT2D eigenvalue weighted by atomic mass is 9.95. The minimum absolute atomic E-state index is 0.0390. The molecule has 0 bridgehead atoms. The second-order valence-corrected chi connectivity index (χ2v) is 8.66. The van der Waals surface area contributed by atoms with Crippen molar-refractivity contribution >= 4 is 17.5 Å². The molecule has 2 aliphatic heterocycles. The summed E-state index contributed by atoms with van der Waals surface area (Å²) in [5, 5.41) is 3.15. The number of likely N-dealkylation sites (N-methyl/N-ethyl adjacent to an activating group) is 1. The standard InChI is InChI=1S/C24H33FN6O/c1-3-29-13-15-30(16-14-29)22-6-5-20(25)17-21(22)18(2)28-23(32)19-7-11-31(12-8-19)24-26-9-4-10-27-24/h4-6,9-10,17-19H,3,7-8,11-16H2,1-2H3,(H,28,32). The average Bonchev–Trinajstić information content (AvgIpc) is 2.84. The molecule has 0 saturated carbocycles. The van der Waals surface area contributed by atoms with Crippen LogP contribution < -0.4 is 15.1 Å². The van der Waals surface area contributed by atoms with E-state index in [1.807, 2.05) is 13.0 Å². The van der Waals surface area contributed by atoms with Crippen molar-refractivity contribution in [2.75, 3.05) is 55.6 Å². The lowest BCUT2D eigenvalue weighted by Gasteiger charge is -2.37. The molecule has 4 rings (SSSR count). The molecule has 0 spiro atoms. The van der Waals surface area contributed by atoms with Crippen molar-refractivity contribution in [3.05, 3.63) is 48.0 Å². The minimum atomic E-state index is -0.270. The molecule has 32 heavy (non-hydrogen) atoms. The molecule has 0 aliphatic carbocycles. The van der Waals surface area contributed by atoms with Gasteiger partial charge in [0.05, 0.1) is 6.04 Å². The molecular formula is C24H33FN6O. The van der Waals surface area contributed by atoms with Gasteiger partial charge in [-0.1, -0.05) is 6.92 Å². The number of benzene rings is 1. The van der Waals surface area contributed by atoms with Crippen LogP contribution >= 0.6 is 0 Å². The van der Waals surface area contributed by atoms with Crippen molar-refractivity contribution in [3.63, 3.8) is 0 Å². The molecule has 7 nitrogen and oxygen atoms in total. The number of aromatic nitrogens is 2. The molecule has 2 aliphatic rings. The summed E-state index contributed by atoms with van der Waals surface area (Å²) in [6, 6.07) is 6.48. The quantitative estimate of drug-likeness (QED) is 0.745. The van der Waals surface area contributed by atoms with Crippen LogP contribution in [0, 0.1) is 11.7 Å². The van der Waals surface area contributed by atoms with Gasteiger partial charge in [-0.15, -0.1) is 0 Å². The highest BCUT2D eigenvalue weighted by Gasteiger charge is 2.28. The number of nitrogens with one attached hydrogen (secondary N) is 1. The highest BCUT2D eigenvalue weighted by atomic mass is 19.1. The molecule has 1 unspecified atom stereocenters.